The van der Waals surface area contributed by atoms with Crippen LogP contribution in [-0.4, -0.2) is 21.5 Å². The van der Waals surface area contributed by atoms with Crippen LogP contribution in [0.2, 0.25) is 0 Å². The molecule has 3 aromatic rings. The van der Waals surface area contributed by atoms with Crippen LogP contribution in [0.15, 0.2) is 42.5 Å². The van der Waals surface area contributed by atoms with E-state index in [1.54, 1.807) is 0 Å². The molecule has 0 amide bonds. The molecule has 0 aliphatic rings. The third-order valence-corrected chi connectivity index (χ3v) is 3.06. The molecule has 3 rings (SSSR count). The molecule has 100 valence electrons. The van der Waals surface area contributed by atoms with Gasteiger partial charge in [-0.15, -0.1) is 0 Å². The minimum atomic E-state index is 0.744. The standard InChI is InChI=1S/C16H16N4/c1-3-17-16-10-15(18-11(2)19-16)14-9-8-12-6-4-5-7-13(12)20-14/h4-10H,3H2,1-2H3,(H,17,18,19). The van der Waals surface area contributed by atoms with E-state index in [4.69, 9.17) is 0 Å². The molecule has 4 nitrogen and oxygen atoms in total. The van der Waals surface area contributed by atoms with Crippen molar-refractivity contribution >= 4 is 16.7 Å². The molecule has 0 bridgehead atoms. The van der Waals surface area contributed by atoms with Gasteiger partial charge in [0, 0.05) is 18.0 Å². The highest BCUT2D eigenvalue weighted by atomic mass is 15.0. The molecule has 0 saturated carbocycles. The quantitative estimate of drug-likeness (QED) is 0.787. The molecular formula is C16H16N4. The van der Waals surface area contributed by atoms with Crippen molar-refractivity contribution in [2.75, 3.05) is 11.9 Å². The van der Waals surface area contributed by atoms with Crippen molar-refractivity contribution in [1.29, 1.82) is 0 Å². The Labute approximate surface area is 117 Å². The predicted molar refractivity (Wildman–Crippen MR) is 81.7 cm³/mol. The largest absolute Gasteiger partial charge is 0.370 e. The van der Waals surface area contributed by atoms with E-state index in [0.717, 1.165) is 40.5 Å². The highest BCUT2D eigenvalue weighted by molar-refractivity contribution is 5.81. The fraction of sp³-hybridized carbons (Fsp3) is 0.188. The van der Waals surface area contributed by atoms with Crippen molar-refractivity contribution in [1.82, 2.24) is 15.0 Å². The second-order valence-corrected chi connectivity index (χ2v) is 4.61. The van der Waals surface area contributed by atoms with Gasteiger partial charge >= 0.3 is 0 Å². The second kappa shape index (κ2) is 5.25. The van der Waals surface area contributed by atoms with Gasteiger partial charge in [-0.05, 0) is 26.0 Å². The van der Waals surface area contributed by atoms with E-state index >= 15 is 0 Å². The summed E-state index contributed by atoms with van der Waals surface area (Å²) in [5.74, 6) is 1.58. The van der Waals surface area contributed by atoms with Crippen molar-refractivity contribution in [2.45, 2.75) is 13.8 Å². The highest BCUT2D eigenvalue weighted by Gasteiger charge is 2.06. The molecule has 1 aromatic carbocycles. The van der Waals surface area contributed by atoms with E-state index in [1.807, 2.05) is 44.2 Å². The monoisotopic (exact) mass is 264 g/mol. The number of rotatable bonds is 3. The summed E-state index contributed by atoms with van der Waals surface area (Å²) in [6.07, 6.45) is 0. The Morgan fingerprint density at radius 1 is 0.950 bits per heavy atom. The average molecular weight is 264 g/mol. The Hall–Kier alpha value is -2.49. The zero-order valence-corrected chi connectivity index (χ0v) is 11.6. The number of aryl methyl sites for hydroxylation is 1. The molecule has 2 aromatic heterocycles. The van der Waals surface area contributed by atoms with Crippen LogP contribution in [0.25, 0.3) is 22.3 Å². The van der Waals surface area contributed by atoms with Gasteiger partial charge in [-0.25, -0.2) is 15.0 Å². The van der Waals surface area contributed by atoms with E-state index in [1.165, 1.54) is 0 Å². The molecule has 0 aliphatic heterocycles. The molecule has 2 heterocycles. The second-order valence-electron chi connectivity index (χ2n) is 4.61. The molecule has 0 spiro atoms. The topological polar surface area (TPSA) is 50.7 Å². The number of para-hydroxylation sites is 1. The number of nitrogens with one attached hydrogen (secondary N) is 1. The molecule has 0 unspecified atom stereocenters. The lowest BCUT2D eigenvalue weighted by Crippen LogP contribution is -2.02. The lowest BCUT2D eigenvalue weighted by Gasteiger charge is -2.07. The van der Waals surface area contributed by atoms with Crippen LogP contribution in [0.4, 0.5) is 5.82 Å². The van der Waals surface area contributed by atoms with Gasteiger partial charge in [-0.1, -0.05) is 24.3 Å². The van der Waals surface area contributed by atoms with Gasteiger partial charge in [0.05, 0.1) is 16.9 Å². The van der Waals surface area contributed by atoms with Gasteiger partial charge in [-0.2, -0.15) is 0 Å². The zero-order chi connectivity index (χ0) is 13.9. The fourth-order valence-corrected chi connectivity index (χ4v) is 2.18. The van der Waals surface area contributed by atoms with Crippen LogP contribution in [-0.2, 0) is 0 Å². The Morgan fingerprint density at radius 2 is 1.80 bits per heavy atom. The first-order valence-electron chi connectivity index (χ1n) is 6.72. The van der Waals surface area contributed by atoms with Crippen molar-refractivity contribution < 1.29 is 0 Å². The van der Waals surface area contributed by atoms with Gasteiger partial charge in [0.25, 0.3) is 0 Å². The smallest absolute Gasteiger partial charge is 0.130 e. The van der Waals surface area contributed by atoms with E-state index in [2.05, 4.69) is 32.4 Å². The Bertz CT molecular complexity index is 752. The molecule has 0 radical (unpaired) electrons. The zero-order valence-electron chi connectivity index (χ0n) is 11.6. The summed E-state index contributed by atoms with van der Waals surface area (Å²) in [4.78, 5) is 13.5. The van der Waals surface area contributed by atoms with Gasteiger partial charge < -0.3 is 5.32 Å². The number of hydrogen-bond acceptors (Lipinski definition) is 4. The Kier molecular flexibility index (Phi) is 3.29. The predicted octanol–water partition coefficient (Wildman–Crippen LogP) is 3.43. The van der Waals surface area contributed by atoms with Crippen LogP contribution < -0.4 is 5.32 Å². The van der Waals surface area contributed by atoms with Crippen molar-refractivity contribution in [3.63, 3.8) is 0 Å². The minimum absolute atomic E-state index is 0.744. The molecule has 1 N–H and O–H groups in total. The Balaban J connectivity index is 2.10. The average Bonchev–Trinajstić information content (AvgIpc) is 2.46. The van der Waals surface area contributed by atoms with Crippen molar-refractivity contribution in [2.24, 2.45) is 0 Å². The van der Waals surface area contributed by atoms with Crippen molar-refractivity contribution in [3.8, 4) is 11.4 Å². The summed E-state index contributed by atoms with van der Waals surface area (Å²) < 4.78 is 0. The number of aromatic nitrogens is 3. The molecule has 0 aliphatic carbocycles. The third-order valence-electron chi connectivity index (χ3n) is 3.06. The number of pyridine rings is 1. The van der Waals surface area contributed by atoms with Crippen LogP contribution >= 0.6 is 0 Å². The van der Waals surface area contributed by atoms with E-state index in [-0.39, 0.29) is 0 Å². The number of hydrogen-bond donors (Lipinski definition) is 1. The molecular weight excluding hydrogens is 248 g/mol. The van der Waals surface area contributed by atoms with Gasteiger partial charge in [-0.3, -0.25) is 0 Å². The first-order valence-corrected chi connectivity index (χ1v) is 6.72. The highest BCUT2D eigenvalue weighted by Crippen LogP contribution is 2.21. The first-order chi connectivity index (χ1) is 9.76. The summed E-state index contributed by atoms with van der Waals surface area (Å²) >= 11 is 0. The van der Waals surface area contributed by atoms with E-state index in [0.29, 0.717) is 0 Å². The number of nitrogens with zero attached hydrogens (tertiary/aromatic N) is 3. The van der Waals surface area contributed by atoms with Gasteiger partial charge in [0.1, 0.15) is 11.6 Å². The van der Waals surface area contributed by atoms with E-state index in [9.17, 15) is 0 Å². The maximum Gasteiger partial charge on any atom is 0.130 e. The molecule has 0 fully saturated rings. The van der Waals surface area contributed by atoms with Gasteiger partial charge in [0.2, 0.25) is 0 Å². The maximum absolute atomic E-state index is 4.67. The third kappa shape index (κ3) is 2.45. The van der Waals surface area contributed by atoms with Crippen LogP contribution in [0, 0.1) is 6.92 Å². The fourth-order valence-electron chi connectivity index (χ4n) is 2.18. The molecule has 4 heteroatoms. The number of benzene rings is 1. The van der Waals surface area contributed by atoms with Crippen molar-refractivity contribution in [3.05, 3.63) is 48.3 Å². The molecule has 20 heavy (non-hydrogen) atoms. The summed E-state index contributed by atoms with van der Waals surface area (Å²) in [5.41, 5.74) is 2.69. The van der Waals surface area contributed by atoms with E-state index < -0.39 is 0 Å². The van der Waals surface area contributed by atoms with Gasteiger partial charge in [0.15, 0.2) is 0 Å². The SMILES string of the molecule is CCNc1cc(-c2ccc3ccccc3n2)nc(C)n1. The number of fused-ring (bicyclic) bond motifs is 1. The summed E-state index contributed by atoms with van der Waals surface area (Å²) in [6, 6.07) is 14.1. The normalized spacial score (nSPS) is 10.7. The maximum atomic E-state index is 4.67. The van der Waals surface area contributed by atoms with Crippen LogP contribution in [0.1, 0.15) is 12.7 Å². The summed E-state index contributed by atoms with van der Waals surface area (Å²) in [6.45, 7) is 4.78. The van der Waals surface area contributed by atoms with Crippen LogP contribution in [0.5, 0.6) is 0 Å². The molecule has 0 atom stereocenters. The molecule has 0 saturated heterocycles. The lowest BCUT2D eigenvalue weighted by molar-refractivity contribution is 1.03. The number of anilines is 1. The Morgan fingerprint density at radius 3 is 2.65 bits per heavy atom. The van der Waals surface area contributed by atoms with Crippen LogP contribution in [0.3, 0.4) is 0 Å². The summed E-state index contributed by atoms with van der Waals surface area (Å²) in [7, 11) is 0. The summed E-state index contributed by atoms with van der Waals surface area (Å²) in [5, 5.41) is 4.35. The first kappa shape index (κ1) is 12.5. The lowest BCUT2D eigenvalue weighted by atomic mass is 10.2. The minimum Gasteiger partial charge on any atom is -0.370 e.